The molecule has 0 unspecified atom stereocenters. The van der Waals surface area contributed by atoms with Crippen LogP contribution in [0.25, 0.3) is 0 Å². The van der Waals surface area contributed by atoms with Gasteiger partial charge in [-0.3, -0.25) is 9.59 Å². The zero-order valence-corrected chi connectivity index (χ0v) is 4.40. The van der Waals surface area contributed by atoms with Crippen LogP contribution in [0, 0.1) is 0 Å². The van der Waals surface area contributed by atoms with E-state index in [0.717, 1.165) is 0 Å². The number of carbonyl (C=O) groups is 2. The number of aliphatic hydroxyl groups is 1. The van der Waals surface area contributed by atoms with Crippen LogP contribution >= 0.6 is 0 Å². The maximum absolute atomic E-state index is 9.91. The topological polar surface area (TPSA) is 89.6 Å². The summed E-state index contributed by atoms with van der Waals surface area (Å²) in [4.78, 5) is 19.3. The van der Waals surface area contributed by atoms with Gasteiger partial charge < -0.3 is 15.6 Å². The fourth-order valence-corrected chi connectivity index (χ4v) is 0.150. The summed E-state index contributed by atoms with van der Waals surface area (Å²) >= 11 is 0. The van der Waals surface area contributed by atoms with Crippen molar-refractivity contribution < 1.29 is 19.4 Å². The molecule has 5 heteroatoms. The van der Waals surface area contributed by atoms with Crippen LogP contribution in [-0.2, 0) is 14.3 Å². The van der Waals surface area contributed by atoms with E-state index in [1.165, 1.54) is 0 Å². The molecule has 0 fully saturated rings. The van der Waals surface area contributed by atoms with Crippen LogP contribution in [-0.4, -0.2) is 17.5 Å². The summed E-state index contributed by atoms with van der Waals surface area (Å²) in [5.74, 6) is -1.83. The van der Waals surface area contributed by atoms with Gasteiger partial charge in [0.1, 0.15) is 6.26 Å². The lowest BCUT2D eigenvalue weighted by Gasteiger charge is -1.88. The zero-order valence-electron chi connectivity index (χ0n) is 4.40. The van der Waals surface area contributed by atoms with Crippen molar-refractivity contribution in [1.29, 1.82) is 0 Å². The third kappa shape index (κ3) is 3.10. The van der Waals surface area contributed by atoms with Crippen molar-refractivity contribution in [3.63, 3.8) is 0 Å². The Morgan fingerprint density at radius 2 is 2.22 bits per heavy atom. The van der Waals surface area contributed by atoms with Crippen LogP contribution in [0.4, 0.5) is 0 Å². The highest BCUT2D eigenvalue weighted by Crippen LogP contribution is 1.83. The Balaban J connectivity index is 3.83. The second-order valence-electron chi connectivity index (χ2n) is 1.10. The van der Waals surface area contributed by atoms with E-state index in [1.54, 1.807) is 0 Å². The van der Waals surface area contributed by atoms with E-state index in [9.17, 15) is 9.59 Å². The summed E-state index contributed by atoms with van der Waals surface area (Å²) in [5, 5.41) is 8.36. The van der Waals surface area contributed by atoms with E-state index in [-0.39, 0.29) is 6.47 Å². The number of amides is 1. The van der Waals surface area contributed by atoms with E-state index in [0.29, 0.717) is 6.26 Å². The standard InChI is InChI=1S/C4H5NO4/c5-4(8)3(7)1-9-2-6/h1-2,7H,(H2,5,8)/b3-1-. The van der Waals surface area contributed by atoms with Crippen molar-refractivity contribution in [2.75, 3.05) is 0 Å². The van der Waals surface area contributed by atoms with Crippen LogP contribution in [0.1, 0.15) is 0 Å². The van der Waals surface area contributed by atoms with Crippen LogP contribution in [0.3, 0.4) is 0 Å². The molecule has 0 aromatic heterocycles. The quantitative estimate of drug-likeness (QED) is 0.293. The molecule has 0 bridgehead atoms. The predicted octanol–water partition coefficient (Wildman–Crippen LogP) is -0.956. The number of primary amides is 1. The molecule has 0 aliphatic rings. The minimum absolute atomic E-state index is 0.0547. The maximum Gasteiger partial charge on any atom is 0.298 e. The van der Waals surface area contributed by atoms with Crippen LogP contribution in [0.15, 0.2) is 12.0 Å². The summed E-state index contributed by atoms with van der Waals surface area (Å²) in [6.07, 6.45) is 0.551. The molecule has 0 heterocycles. The highest BCUT2D eigenvalue weighted by atomic mass is 16.5. The lowest BCUT2D eigenvalue weighted by molar-refractivity contribution is -0.124. The molecule has 0 rings (SSSR count). The van der Waals surface area contributed by atoms with Gasteiger partial charge in [-0.15, -0.1) is 0 Å². The Morgan fingerprint density at radius 3 is 2.56 bits per heavy atom. The number of ether oxygens (including phenoxy) is 1. The van der Waals surface area contributed by atoms with Crippen LogP contribution < -0.4 is 5.73 Å². The fraction of sp³-hybridized carbons (Fsp3) is 0. The molecule has 5 nitrogen and oxygen atoms in total. The van der Waals surface area contributed by atoms with Crippen molar-refractivity contribution in [2.45, 2.75) is 0 Å². The molecule has 0 atom stereocenters. The molecule has 0 aromatic carbocycles. The van der Waals surface area contributed by atoms with E-state index >= 15 is 0 Å². The molecule has 0 radical (unpaired) electrons. The van der Waals surface area contributed by atoms with Crippen molar-refractivity contribution in [1.82, 2.24) is 0 Å². The third-order valence-electron chi connectivity index (χ3n) is 0.488. The first kappa shape index (κ1) is 7.48. The van der Waals surface area contributed by atoms with Crippen LogP contribution in [0.2, 0.25) is 0 Å². The predicted molar refractivity (Wildman–Crippen MR) is 27.1 cm³/mol. The minimum atomic E-state index is -1.04. The molecule has 9 heavy (non-hydrogen) atoms. The molecular formula is C4H5NO4. The molecule has 50 valence electrons. The second-order valence-corrected chi connectivity index (χ2v) is 1.10. The Labute approximate surface area is 50.7 Å². The van der Waals surface area contributed by atoms with E-state index in [2.05, 4.69) is 10.5 Å². The Bertz CT molecular complexity index is 151. The highest BCUT2D eigenvalue weighted by molar-refractivity contribution is 5.89. The minimum Gasteiger partial charge on any atom is -0.501 e. The van der Waals surface area contributed by atoms with Gasteiger partial charge in [0.15, 0.2) is 0 Å². The third-order valence-corrected chi connectivity index (χ3v) is 0.488. The number of hydrogen-bond donors (Lipinski definition) is 2. The molecule has 0 saturated heterocycles. The van der Waals surface area contributed by atoms with Gasteiger partial charge in [-0.2, -0.15) is 0 Å². The van der Waals surface area contributed by atoms with Gasteiger partial charge >= 0.3 is 0 Å². The van der Waals surface area contributed by atoms with Gasteiger partial charge in [-0.1, -0.05) is 0 Å². The molecule has 3 N–H and O–H groups in total. The van der Waals surface area contributed by atoms with Crippen molar-refractivity contribution in [2.24, 2.45) is 5.73 Å². The zero-order chi connectivity index (χ0) is 7.28. The molecule has 0 saturated carbocycles. The number of hydrogen-bond acceptors (Lipinski definition) is 4. The van der Waals surface area contributed by atoms with E-state index in [4.69, 9.17) is 5.11 Å². The average Bonchev–Trinajstić information content (AvgIpc) is 1.82. The molecule has 0 spiro atoms. The summed E-state index contributed by atoms with van der Waals surface area (Å²) in [5.41, 5.74) is 4.52. The van der Waals surface area contributed by atoms with Crippen molar-refractivity contribution in [3.05, 3.63) is 12.0 Å². The molecule has 1 amide bonds. The van der Waals surface area contributed by atoms with Crippen LogP contribution in [0.5, 0.6) is 0 Å². The Kier molecular flexibility index (Phi) is 2.89. The molecule has 0 aliphatic carbocycles. The van der Waals surface area contributed by atoms with Gasteiger partial charge in [0.05, 0.1) is 0 Å². The first-order valence-electron chi connectivity index (χ1n) is 1.96. The second kappa shape index (κ2) is 3.48. The molecular weight excluding hydrogens is 126 g/mol. The van der Waals surface area contributed by atoms with Gasteiger partial charge in [0.2, 0.25) is 5.76 Å². The summed E-state index contributed by atoms with van der Waals surface area (Å²) < 4.78 is 3.86. The number of rotatable bonds is 3. The normalized spacial score (nSPS) is 10.4. The SMILES string of the molecule is NC(=O)/C(O)=C/OC=O. The smallest absolute Gasteiger partial charge is 0.298 e. The maximum atomic E-state index is 9.91. The number of aliphatic hydroxyl groups excluding tert-OH is 1. The van der Waals surface area contributed by atoms with E-state index < -0.39 is 11.7 Å². The first-order chi connectivity index (χ1) is 4.18. The lowest BCUT2D eigenvalue weighted by atomic mass is 10.5. The Hall–Kier alpha value is -1.52. The van der Waals surface area contributed by atoms with Crippen molar-refractivity contribution in [3.8, 4) is 0 Å². The fourth-order valence-electron chi connectivity index (χ4n) is 0.150. The summed E-state index contributed by atoms with van der Waals surface area (Å²) in [7, 11) is 0. The van der Waals surface area contributed by atoms with Gasteiger partial charge in [-0.05, 0) is 0 Å². The number of carbonyl (C=O) groups excluding carboxylic acids is 2. The number of nitrogens with two attached hydrogens (primary N) is 1. The van der Waals surface area contributed by atoms with Gasteiger partial charge in [-0.25, -0.2) is 0 Å². The van der Waals surface area contributed by atoms with Gasteiger partial charge in [0.25, 0.3) is 12.4 Å². The molecule has 0 aromatic rings. The summed E-state index contributed by atoms with van der Waals surface area (Å²) in [6.45, 7) is 0.0547. The highest BCUT2D eigenvalue weighted by Gasteiger charge is 1.98. The lowest BCUT2D eigenvalue weighted by Crippen LogP contribution is -2.13. The monoisotopic (exact) mass is 131 g/mol. The average molecular weight is 131 g/mol. The van der Waals surface area contributed by atoms with Gasteiger partial charge in [0, 0.05) is 0 Å². The van der Waals surface area contributed by atoms with Crippen molar-refractivity contribution >= 4 is 12.4 Å². The molecule has 0 aliphatic heterocycles. The largest absolute Gasteiger partial charge is 0.501 e. The summed E-state index contributed by atoms with van der Waals surface area (Å²) in [6, 6.07) is 0. The Morgan fingerprint density at radius 1 is 1.67 bits per heavy atom. The van der Waals surface area contributed by atoms with E-state index in [1.807, 2.05) is 0 Å². The first-order valence-corrected chi connectivity index (χ1v) is 1.96.